The number of piperidine rings is 1. The minimum atomic E-state index is -2.73. The molecule has 0 saturated carbocycles. The standard InChI is InChI=1S/C14H20F2N2O.C2H6/c15-13(16)12(19)14(7-4-8-17-10-14)18-9-11-5-2-1-3-6-11;1-2/h1-3,5-6,12-13,17-19H,4,7-10H2;1-2H3. The first kappa shape index (κ1) is 18.0. The van der Waals surface area contributed by atoms with Gasteiger partial charge in [0.05, 0.1) is 5.54 Å². The van der Waals surface area contributed by atoms with E-state index in [1.54, 1.807) is 0 Å². The van der Waals surface area contributed by atoms with Crippen molar-refractivity contribution < 1.29 is 13.9 Å². The first-order valence-electron chi connectivity index (χ1n) is 7.60. The van der Waals surface area contributed by atoms with Crippen LogP contribution in [0.15, 0.2) is 30.3 Å². The van der Waals surface area contributed by atoms with Gasteiger partial charge in [-0.3, -0.25) is 0 Å². The van der Waals surface area contributed by atoms with Gasteiger partial charge >= 0.3 is 0 Å². The van der Waals surface area contributed by atoms with Crippen LogP contribution in [0.2, 0.25) is 0 Å². The first-order valence-corrected chi connectivity index (χ1v) is 7.60. The number of aliphatic hydroxyl groups excluding tert-OH is 1. The molecular formula is C16H26F2N2O. The van der Waals surface area contributed by atoms with E-state index in [9.17, 15) is 13.9 Å². The fraction of sp³-hybridized carbons (Fsp3) is 0.625. The molecular weight excluding hydrogens is 274 g/mol. The van der Waals surface area contributed by atoms with Gasteiger partial charge in [0.2, 0.25) is 0 Å². The van der Waals surface area contributed by atoms with E-state index >= 15 is 0 Å². The molecule has 0 aliphatic carbocycles. The lowest BCUT2D eigenvalue weighted by atomic mass is 9.84. The average Bonchev–Trinajstić information content (AvgIpc) is 2.56. The minimum absolute atomic E-state index is 0.366. The quantitative estimate of drug-likeness (QED) is 0.783. The van der Waals surface area contributed by atoms with E-state index in [-0.39, 0.29) is 0 Å². The zero-order chi connectivity index (χ0) is 15.7. The molecule has 3 N–H and O–H groups in total. The zero-order valence-electron chi connectivity index (χ0n) is 12.8. The van der Waals surface area contributed by atoms with E-state index in [1.807, 2.05) is 44.2 Å². The van der Waals surface area contributed by atoms with Gasteiger partial charge in [0.1, 0.15) is 6.10 Å². The Morgan fingerprint density at radius 3 is 2.48 bits per heavy atom. The van der Waals surface area contributed by atoms with Crippen molar-refractivity contribution in [3.8, 4) is 0 Å². The Hall–Kier alpha value is -1.04. The molecule has 0 aromatic heterocycles. The highest BCUT2D eigenvalue weighted by atomic mass is 19.3. The summed E-state index contributed by atoms with van der Waals surface area (Å²) in [5, 5.41) is 16.1. The zero-order valence-corrected chi connectivity index (χ0v) is 12.8. The Kier molecular flexibility index (Phi) is 7.78. The normalized spacial score (nSPS) is 23.3. The van der Waals surface area contributed by atoms with Crippen LogP contribution >= 0.6 is 0 Å². The van der Waals surface area contributed by atoms with E-state index in [0.29, 0.717) is 19.5 Å². The van der Waals surface area contributed by atoms with Crippen molar-refractivity contribution in [2.75, 3.05) is 13.1 Å². The highest BCUT2D eigenvalue weighted by Crippen LogP contribution is 2.25. The summed E-state index contributed by atoms with van der Waals surface area (Å²) in [6, 6.07) is 9.60. The molecule has 5 heteroatoms. The van der Waals surface area contributed by atoms with E-state index in [4.69, 9.17) is 0 Å². The molecule has 1 aliphatic heterocycles. The Balaban J connectivity index is 0.00000106. The van der Waals surface area contributed by atoms with Crippen LogP contribution in [0.4, 0.5) is 8.78 Å². The summed E-state index contributed by atoms with van der Waals surface area (Å²) in [5.74, 6) is 0. The highest BCUT2D eigenvalue weighted by Gasteiger charge is 2.43. The average molecular weight is 300 g/mol. The van der Waals surface area contributed by atoms with E-state index in [0.717, 1.165) is 18.5 Å². The molecule has 0 spiro atoms. The van der Waals surface area contributed by atoms with Crippen molar-refractivity contribution in [2.45, 2.75) is 51.3 Å². The Labute approximate surface area is 125 Å². The molecule has 2 atom stereocenters. The topological polar surface area (TPSA) is 44.3 Å². The number of hydrogen-bond acceptors (Lipinski definition) is 3. The van der Waals surface area contributed by atoms with E-state index in [1.165, 1.54) is 0 Å². The number of aliphatic hydroxyl groups is 1. The molecule has 2 unspecified atom stereocenters. The summed E-state index contributed by atoms with van der Waals surface area (Å²) < 4.78 is 25.7. The SMILES string of the molecule is CC.OC(C(F)F)C1(NCc2ccccc2)CCCNC1. The maximum absolute atomic E-state index is 12.9. The monoisotopic (exact) mass is 300 g/mol. The highest BCUT2D eigenvalue weighted by molar-refractivity contribution is 5.15. The van der Waals surface area contributed by atoms with Crippen LogP contribution in [0.3, 0.4) is 0 Å². The molecule has 1 aliphatic rings. The molecule has 2 rings (SSSR count). The van der Waals surface area contributed by atoms with Crippen LogP contribution < -0.4 is 10.6 Å². The van der Waals surface area contributed by atoms with Crippen molar-refractivity contribution in [3.05, 3.63) is 35.9 Å². The van der Waals surface area contributed by atoms with Gasteiger partial charge in [0, 0.05) is 13.1 Å². The smallest absolute Gasteiger partial charge is 0.265 e. The predicted octanol–water partition coefficient (Wildman–Crippen LogP) is 2.55. The van der Waals surface area contributed by atoms with Crippen LogP contribution in [0, 0.1) is 0 Å². The number of hydrogen-bond donors (Lipinski definition) is 3. The summed E-state index contributed by atoms with van der Waals surface area (Å²) in [6.45, 7) is 5.66. The van der Waals surface area contributed by atoms with Crippen LogP contribution in [0.5, 0.6) is 0 Å². The van der Waals surface area contributed by atoms with Gasteiger partial charge in [-0.2, -0.15) is 0 Å². The second kappa shape index (κ2) is 9.07. The second-order valence-electron chi connectivity index (χ2n) is 5.05. The van der Waals surface area contributed by atoms with Crippen LogP contribution in [-0.4, -0.2) is 36.3 Å². The minimum Gasteiger partial charge on any atom is -0.385 e. The van der Waals surface area contributed by atoms with Crippen molar-refractivity contribution >= 4 is 0 Å². The maximum atomic E-state index is 12.9. The first-order chi connectivity index (χ1) is 10.1. The molecule has 0 amide bonds. The third-order valence-electron chi connectivity index (χ3n) is 3.71. The maximum Gasteiger partial charge on any atom is 0.265 e. The summed E-state index contributed by atoms with van der Waals surface area (Å²) in [4.78, 5) is 0. The van der Waals surface area contributed by atoms with Gasteiger partial charge in [-0.1, -0.05) is 44.2 Å². The molecule has 1 aromatic carbocycles. The van der Waals surface area contributed by atoms with Crippen molar-refractivity contribution in [2.24, 2.45) is 0 Å². The Bertz CT molecular complexity index is 381. The Morgan fingerprint density at radius 1 is 1.29 bits per heavy atom. The lowest BCUT2D eigenvalue weighted by Gasteiger charge is -2.42. The number of rotatable bonds is 5. The van der Waals surface area contributed by atoms with Gasteiger partial charge in [-0.15, -0.1) is 0 Å². The number of alkyl halides is 2. The molecule has 1 heterocycles. The lowest BCUT2D eigenvalue weighted by molar-refractivity contribution is -0.0685. The predicted molar refractivity (Wildman–Crippen MR) is 81.5 cm³/mol. The van der Waals surface area contributed by atoms with E-state index in [2.05, 4.69) is 10.6 Å². The molecule has 0 bridgehead atoms. The molecule has 1 fully saturated rings. The summed E-state index contributed by atoms with van der Waals surface area (Å²) in [6.07, 6.45) is -3.05. The second-order valence-corrected chi connectivity index (χ2v) is 5.05. The van der Waals surface area contributed by atoms with Gasteiger partial charge in [0.15, 0.2) is 0 Å². The molecule has 1 aromatic rings. The summed E-state index contributed by atoms with van der Waals surface area (Å²) in [5.41, 5.74) is 0.0799. The third-order valence-corrected chi connectivity index (χ3v) is 3.71. The van der Waals surface area contributed by atoms with Crippen molar-refractivity contribution in [3.63, 3.8) is 0 Å². The molecule has 21 heavy (non-hydrogen) atoms. The van der Waals surface area contributed by atoms with Gasteiger partial charge < -0.3 is 15.7 Å². The molecule has 3 nitrogen and oxygen atoms in total. The molecule has 0 radical (unpaired) electrons. The van der Waals surface area contributed by atoms with Gasteiger partial charge in [-0.05, 0) is 24.9 Å². The Morgan fingerprint density at radius 2 is 1.95 bits per heavy atom. The largest absolute Gasteiger partial charge is 0.385 e. The third kappa shape index (κ3) is 5.02. The number of nitrogens with one attached hydrogen (secondary N) is 2. The van der Waals surface area contributed by atoms with Crippen LogP contribution in [-0.2, 0) is 6.54 Å². The molecule has 120 valence electrons. The number of benzene rings is 1. The summed E-state index contributed by atoms with van der Waals surface area (Å²) in [7, 11) is 0. The van der Waals surface area contributed by atoms with Gasteiger partial charge in [-0.25, -0.2) is 8.78 Å². The summed E-state index contributed by atoms with van der Waals surface area (Å²) >= 11 is 0. The van der Waals surface area contributed by atoms with Crippen LogP contribution in [0.25, 0.3) is 0 Å². The number of halogens is 2. The fourth-order valence-corrected chi connectivity index (χ4v) is 2.55. The molecule has 1 saturated heterocycles. The van der Waals surface area contributed by atoms with E-state index < -0.39 is 18.1 Å². The lowest BCUT2D eigenvalue weighted by Crippen LogP contribution is -2.64. The van der Waals surface area contributed by atoms with Crippen LogP contribution in [0.1, 0.15) is 32.3 Å². The van der Waals surface area contributed by atoms with Crippen molar-refractivity contribution in [1.29, 1.82) is 0 Å². The van der Waals surface area contributed by atoms with Crippen molar-refractivity contribution in [1.82, 2.24) is 10.6 Å². The fourth-order valence-electron chi connectivity index (χ4n) is 2.55. The van der Waals surface area contributed by atoms with Gasteiger partial charge in [0.25, 0.3) is 6.43 Å².